The third-order valence-electron chi connectivity index (χ3n) is 1.25. The lowest BCUT2D eigenvalue weighted by atomic mass is 10.3. The van der Waals surface area contributed by atoms with Crippen molar-refractivity contribution >= 4 is 10.4 Å². The molecule has 0 aromatic heterocycles. The van der Waals surface area contributed by atoms with E-state index in [2.05, 4.69) is 8.37 Å². The van der Waals surface area contributed by atoms with Crippen molar-refractivity contribution in [2.45, 2.75) is 6.92 Å². The fourth-order valence-corrected chi connectivity index (χ4v) is 1.37. The summed E-state index contributed by atoms with van der Waals surface area (Å²) in [6.45, 7) is 1.64. The molecule has 0 heterocycles. The average Bonchev–Trinajstić information content (AvgIpc) is 2.16. The maximum absolute atomic E-state index is 11.1. The van der Waals surface area contributed by atoms with Crippen molar-refractivity contribution in [3.05, 3.63) is 42.7 Å². The molecule has 0 spiro atoms. The third kappa shape index (κ3) is 3.49. The maximum atomic E-state index is 11.1. The highest BCUT2D eigenvalue weighted by molar-refractivity contribution is 7.82. The van der Waals surface area contributed by atoms with Gasteiger partial charge in [-0.2, -0.15) is 0 Å². The van der Waals surface area contributed by atoms with Gasteiger partial charge in [0.25, 0.3) is 0 Å². The van der Waals surface area contributed by atoms with Gasteiger partial charge in [-0.1, -0.05) is 24.3 Å². The van der Waals surface area contributed by atoms with Gasteiger partial charge in [0, 0.05) is 0 Å². The van der Waals surface area contributed by atoms with Crippen LogP contribution in [-0.4, -0.2) is 8.42 Å². The van der Waals surface area contributed by atoms with Gasteiger partial charge in [-0.15, -0.1) is 8.42 Å². The number of para-hydroxylation sites is 1. The molecule has 0 saturated heterocycles. The van der Waals surface area contributed by atoms with Crippen LogP contribution in [0.4, 0.5) is 0 Å². The Bertz CT molecular complexity index is 394. The second-order valence-corrected chi connectivity index (χ2v) is 3.55. The largest absolute Gasteiger partial charge is 0.500 e. The zero-order valence-corrected chi connectivity index (χ0v) is 8.40. The van der Waals surface area contributed by atoms with Gasteiger partial charge in [0.2, 0.25) is 0 Å². The Balaban J connectivity index is 2.69. The van der Waals surface area contributed by atoms with Gasteiger partial charge in [0.15, 0.2) is 0 Å². The van der Waals surface area contributed by atoms with E-state index in [0.717, 1.165) is 6.26 Å². The minimum absolute atomic E-state index is 0.219. The Labute approximate surface area is 83.1 Å². The molecule has 14 heavy (non-hydrogen) atoms. The Morgan fingerprint density at radius 1 is 1.21 bits per heavy atom. The number of rotatable bonds is 4. The molecule has 0 amide bonds. The zero-order chi connectivity index (χ0) is 10.4. The van der Waals surface area contributed by atoms with Gasteiger partial charge in [-0.05, 0) is 19.1 Å². The van der Waals surface area contributed by atoms with Crippen molar-refractivity contribution in [3.8, 4) is 5.75 Å². The molecule has 0 saturated carbocycles. The van der Waals surface area contributed by atoms with Crippen LogP contribution in [-0.2, 0) is 14.6 Å². The van der Waals surface area contributed by atoms with Crippen LogP contribution in [0.5, 0.6) is 5.75 Å². The van der Waals surface area contributed by atoms with E-state index in [9.17, 15) is 8.42 Å². The summed E-state index contributed by atoms with van der Waals surface area (Å²) in [5.41, 5.74) is 0. The minimum Gasteiger partial charge on any atom is -0.361 e. The second-order valence-electron chi connectivity index (χ2n) is 2.37. The Morgan fingerprint density at radius 2 is 1.86 bits per heavy atom. The second kappa shape index (κ2) is 4.66. The van der Waals surface area contributed by atoms with Crippen LogP contribution in [0.1, 0.15) is 6.92 Å². The lowest BCUT2D eigenvalue weighted by Crippen LogP contribution is -2.09. The zero-order valence-electron chi connectivity index (χ0n) is 7.58. The summed E-state index contributed by atoms with van der Waals surface area (Å²) < 4.78 is 31.1. The lowest BCUT2D eigenvalue weighted by Gasteiger charge is -2.03. The fourth-order valence-electron chi connectivity index (χ4n) is 0.737. The van der Waals surface area contributed by atoms with Gasteiger partial charge >= 0.3 is 10.4 Å². The predicted molar refractivity (Wildman–Crippen MR) is 51.9 cm³/mol. The SMILES string of the molecule is CC=COS(=O)(=O)Oc1ccccc1. The molecule has 1 rings (SSSR count). The minimum atomic E-state index is -3.98. The number of benzene rings is 1. The first-order valence-corrected chi connectivity index (χ1v) is 5.26. The Morgan fingerprint density at radius 3 is 2.43 bits per heavy atom. The van der Waals surface area contributed by atoms with Gasteiger partial charge in [-0.3, -0.25) is 0 Å². The van der Waals surface area contributed by atoms with Crippen LogP contribution >= 0.6 is 0 Å². The molecule has 1 aromatic rings. The summed E-state index contributed by atoms with van der Waals surface area (Å²) in [4.78, 5) is 0. The molecular formula is C9H10O4S. The first-order valence-electron chi connectivity index (χ1n) is 3.93. The van der Waals surface area contributed by atoms with Crippen LogP contribution in [0, 0.1) is 0 Å². The molecule has 0 atom stereocenters. The van der Waals surface area contributed by atoms with E-state index in [4.69, 9.17) is 0 Å². The molecule has 5 heteroatoms. The van der Waals surface area contributed by atoms with Crippen LogP contribution in [0.2, 0.25) is 0 Å². The quantitative estimate of drug-likeness (QED) is 0.718. The molecule has 0 unspecified atom stereocenters. The normalized spacial score (nSPS) is 11.5. The first kappa shape index (κ1) is 10.6. The van der Waals surface area contributed by atoms with Crippen LogP contribution in [0.25, 0.3) is 0 Å². The molecule has 0 N–H and O–H groups in total. The van der Waals surface area contributed by atoms with Crippen molar-refractivity contribution in [1.82, 2.24) is 0 Å². The van der Waals surface area contributed by atoms with E-state index in [1.54, 1.807) is 25.1 Å². The molecular weight excluding hydrogens is 204 g/mol. The van der Waals surface area contributed by atoms with E-state index in [1.165, 1.54) is 18.2 Å². The van der Waals surface area contributed by atoms with E-state index in [-0.39, 0.29) is 5.75 Å². The maximum Gasteiger partial charge on any atom is 0.500 e. The fraction of sp³-hybridized carbons (Fsp3) is 0.111. The predicted octanol–water partition coefficient (Wildman–Crippen LogP) is 1.86. The molecule has 0 aliphatic carbocycles. The smallest absolute Gasteiger partial charge is 0.361 e. The van der Waals surface area contributed by atoms with E-state index >= 15 is 0 Å². The molecule has 0 fully saturated rings. The first-order chi connectivity index (χ1) is 6.64. The summed E-state index contributed by atoms with van der Waals surface area (Å²) in [5.74, 6) is 0.219. The topological polar surface area (TPSA) is 52.6 Å². The van der Waals surface area contributed by atoms with Gasteiger partial charge in [0.05, 0.1) is 0 Å². The van der Waals surface area contributed by atoms with E-state index in [0.29, 0.717) is 0 Å². The standard InChI is InChI=1S/C9H10O4S/c1-2-8-12-14(10,11)13-9-6-4-3-5-7-9/h2-8H,1H3. The molecule has 0 radical (unpaired) electrons. The van der Waals surface area contributed by atoms with Crippen molar-refractivity contribution in [2.24, 2.45) is 0 Å². The molecule has 0 aliphatic rings. The molecule has 76 valence electrons. The highest BCUT2D eigenvalue weighted by Gasteiger charge is 2.11. The summed E-state index contributed by atoms with van der Waals surface area (Å²) in [6.07, 6.45) is 2.49. The van der Waals surface area contributed by atoms with Crippen LogP contribution < -0.4 is 4.18 Å². The number of hydrogen-bond donors (Lipinski definition) is 0. The molecule has 4 nitrogen and oxygen atoms in total. The number of allylic oxidation sites excluding steroid dienone is 1. The highest BCUT2D eigenvalue weighted by Crippen LogP contribution is 2.12. The monoisotopic (exact) mass is 214 g/mol. The van der Waals surface area contributed by atoms with Crippen molar-refractivity contribution in [3.63, 3.8) is 0 Å². The number of hydrogen-bond acceptors (Lipinski definition) is 4. The van der Waals surface area contributed by atoms with Crippen LogP contribution in [0.15, 0.2) is 42.7 Å². The van der Waals surface area contributed by atoms with Gasteiger partial charge in [0.1, 0.15) is 12.0 Å². The lowest BCUT2D eigenvalue weighted by molar-refractivity contribution is 0.361. The van der Waals surface area contributed by atoms with Crippen molar-refractivity contribution < 1.29 is 16.8 Å². The van der Waals surface area contributed by atoms with Crippen molar-refractivity contribution in [1.29, 1.82) is 0 Å². The summed E-state index contributed by atoms with van der Waals surface area (Å²) in [7, 11) is -3.98. The highest BCUT2D eigenvalue weighted by atomic mass is 32.3. The van der Waals surface area contributed by atoms with Gasteiger partial charge in [-0.25, -0.2) is 0 Å². The van der Waals surface area contributed by atoms with E-state index in [1.807, 2.05) is 0 Å². The van der Waals surface area contributed by atoms with E-state index < -0.39 is 10.4 Å². The van der Waals surface area contributed by atoms with Gasteiger partial charge < -0.3 is 8.37 Å². The Hall–Kier alpha value is -1.49. The molecule has 0 aliphatic heterocycles. The summed E-state index contributed by atoms with van der Waals surface area (Å²) in [5, 5.41) is 0. The summed E-state index contributed by atoms with van der Waals surface area (Å²) >= 11 is 0. The third-order valence-corrected chi connectivity index (χ3v) is 1.99. The van der Waals surface area contributed by atoms with Crippen molar-refractivity contribution in [2.75, 3.05) is 0 Å². The average molecular weight is 214 g/mol. The Kier molecular flexibility index (Phi) is 3.53. The molecule has 0 bridgehead atoms. The van der Waals surface area contributed by atoms with Crippen LogP contribution in [0.3, 0.4) is 0 Å². The molecule has 1 aromatic carbocycles. The summed E-state index contributed by atoms with van der Waals surface area (Å²) in [6, 6.07) is 8.14.